The summed E-state index contributed by atoms with van der Waals surface area (Å²) in [6, 6.07) is 11.9. The lowest BCUT2D eigenvalue weighted by molar-refractivity contribution is 0.0697. The zero-order valence-electron chi connectivity index (χ0n) is 20.1. The first-order valence-corrected chi connectivity index (χ1v) is 11.9. The van der Waals surface area contributed by atoms with Gasteiger partial charge in [0.15, 0.2) is 0 Å². The molecule has 9 nitrogen and oxygen atoms in total. The summed E-state index contributed by atoms with van der Waals surface area (Å²) in [5.74, 6) is -2.26. The molecule has 0 aliphatic carbocycles. The maximum Gasteiger partial charge on any atom is 0.336 e. The Hall–Kier alpha value is -4.02. The molecule has 1 atom stereocenters. The van der Waals surface area contributed by atoms with Crippen LogP contribution in [0.4, 0.5) is 5.69 Å². The number of amides is 2. The van der Waals surface area contributed by atoms with E-state index in [1.54, 1.807) is 35.7 Å². The van der Waals surface area contributed by atoms with Gasteiger partial charge in [-0.3, -0.25) is 15.0 Å². The standard InChI is InChI=1S/C26H28N4O5S/c1-26(2,3)20(13-31)30-23(32)15-6-9-17(19(12-15)25(34)35)18-10-11-36-21(18)24(33)29-16-7-4-14(5-8-16)22(27)28/h4-12,20,31H,13H2,1-3H3,(H3,27,28)(H,29,33)(H,30,32)(H,34,35). The molecule has 10 heteroatoms. The number of hydrogen-bond acceptors (Lipinski definition) is 6. The van der Waals surface area contributed by atoms with Crippen LogP contribution >= 0.6 is 11.3 Å². The molecule has 36 heavy (non-hydrogen) atoms. The highest BCUT2D eigenvalue weighted by Gasteiger charge is 2.27. The van der Waals surface area contributed by atoms with E-state index in [1.165, 1.54) is 18.2 Å². The maximum absolute atomic E-state index is 13.0. The fourth-order valence-corrected chi connectivity index (χ4v) is 4.30. The second kappa shape index (κ2) is 10.7. The summed E-state index contributed by atoms with van der Waals surface area (Å²) in [7, 11) is 0. The summed E-state index contributed by atoms with van der Waals surface area (Å²) in [4.78, 5) is 38.2. The van der Waals surface area contributed by atoms with Gasteiger partial charge in [0.2, 0.25) is 0 Å². The molecule has 3 rings (SSSR count). The third-order valence-corrected chi connectivity index (χ3v) is 6.57. The van der Waals surface area contributed by atoms with E-state index >= 15 is 0 Å². The van der Waals surface area contributed by atoms with Gasteiger partial charge in [-0.15, -0.1) is 11.3 Å². The van der Waals surface area contributed by atoms with Gasteiger partial charge in [0.25, 0.3) is 11.8 Å². The normalized spacial score (nSPS) is 12.0. The fraction of sp³-hybridized carbons (Fsp3) is 0.231. The minimum Gasteiger partial charge on any atom is -0.478 e. The molecule has 188 valence electrons. The molecular weight excluding hydrogens is 480 g/mol. The maximum atomic E-state index is 13.0. The largest absolute Gasteiger partial charge is 0.478 e. The van der Waals surface area contributed by atoms with Crippen molar-refractivity contribution in [3.63, 3.8) is 0 Å². The summed E-state index contributed by atoms with van der Waals surface area (Å²) in [6.07, 6.45) is 0. The Balaban J connectivity index is 1.90. The van der Waals surface area contributed by atoms with E-state index in [4.69, 9.17) is 11.1 Å². The number of carbonyl (C=O) groups excluding carboxylic acids is 2. The van der Waals surface area contributed by atoms with Crippen LogP contribution in [0, 0.1) is 10.8 Å². The second-order valence-electron chi connectivity index (χ2n) is 9.25. The van der Waals surface area contributed by atoms with Gasteiger partial charge < -0.3 is 26.6 Å². The number of carboxylic acids is 1. The van der Waals surface area contributed by atoms with E-state index in [2.05, 4.69) is 10.6 Å². The Morgan fingerprint density at radius 3 is 2.19 bits per heavy atom. The number of rotatable bonds is 8. The van der Waals surface area contributed by atoms with E-state index in [9.17, 15) is 24.6 Å². The third kappa shape index (κ3) is 5.96. The third-order valence-electron chi connectivity index (χ3n) is 5.66. The Kier molecular flexibility index (Phi) is 7.91. The molecule has 1 heterocycles. The lowest BCUT2D eigenvalue weighted by Crippen LogP contribution is -2.46. The highest BCUT2D eigenvalue weighted by atomic mass is 32.1. The van der Waals surface area contributed by atoms with Crippen LogP contribution in [0.5, 0.6) is 0 Å². The van der Waals surface area contributed by atoms with Gasteiger partial charge >= 0.3 is 5.97 Å². The molecule has 0 fully saturated rings. The molecule has 3 aromatic rings. The molecule has 0 aliphatic rings. The van der Waals surface area contributed by atoms with E-state index in [1.807, 2.05) is 20.8 Å². The monoisotopic (exact) mass is 508 g/mol. The van der Waals surface area contributed by atoms with E-state index in [0.717, 1.165) is 11.3 Å². The van der Waals surface area contributed by atoms with Gasteiger partial charge in [0, 0.05) is 22.4 Å². The predicted octanol–water partition coefficient (Wildman–Crippen LogP) is 3.79. The van der Waals surface area contributed by atoms with Gasteiger partial charge in [-0.05, 0) is 58.8 Å². The molecule has 0 radical (unpaired) electrons. The molecule has 2 aromatic carbocycles. The molecule has 0 aliphatic heterocycles. The minimum absolute atomic E-state index is 0.0861. The number of thiophene rings is 1. The van der Waals surface area contributed by atoms with Crippen molar-refractivity contribution in [3.8, 4) is 11.1 Å². The van der Waals surface area contributed by atoms with Crippen LogP contribution in [0.3, 0.4) is 0 Å². The number of benzene rings is 2. The number of anilines is 1. The van der Waals surface area contributed by atoms with Crippen LogP contribution in [0.25, 0.3) is 11.1 Å². The number of nitrogens with one attached hydrogen (secondary N) is 3. The molecule has 0 bridgehead atoms. The van der Waals surface area contributed by atoms with E-state index in [0.29, 0.717) is 27.3 Å². The lowest BCUT2D eigenvalue weighted by Gasteiger charge is -2.29. The summed E-state index contributed by atoms with van der Waals surface area (Å²) >= 11 is 1.16. The van der Waals surface area contributed by atoms with Crippen molar-refractivity contribution < 1.29 is 24.6 Å². The van der Waals surface area contributed by atoms with Crippen molar-refractivity contribution in [2.45, 2.75) is 26.8 Å². The average molecular weight is 509 g/mol. The molecule has 2 amide bonds. The smallest absolute Gasteiger partial charge is 0.336 e. The first-order valence-electron chi connectivity index (χ1n) is 11.0. The zero-order valence-corrected chi connectivity index (χ0v) is 20.9. The molecule has 7 N–H and O–H groups in total. The quantitative estimate of drug-likeness (QED) is 0.200. The van der Waals surface area contributed by atoms with Crippen LogP contribution in [-0.2, 0) is 0 Å². The molecule has 1 unspecified atom stereocenters. The number of aliphatic hydroxyl groups is 1. The number of carbonyl (C=O) groups is 3. The highest BCUT2D eigenvalue weighted by Crippen LogP contribution is 2.32. The summed E-state index contributed by atoms with van der Waals surface area (Å²) < 4.78 is 0. The highest BCUT2D eigenvalue weighted by molar-refractivity contribution is 7.12. The number of hydrogen-bond donors (Lipinski definition) is 6. The summed E-state index contributed by atoms with van der Waals surface area (Å²) in [5, 5.41) is 34.2. The number of amidine groups is 1. The van der Waals surface area contributed by atoms with Gasteiger partial charge in [0.05, 0.1) is 18.2 Å². The predicted molar refractivity (Wildman–Crippen MR) is 140 cm³/mol. The number of nitrogen functional groups attached to an aromatic ring is 1. The van der Waals surface area contributed by atoms with Gasteiger partial charge in [-0.25, -0.2) is 4.79 Å². The topological polar surface area (TPSA) is 166 Å². The Bertz CT molecular complexity index is 1310. The van der Waals surface area contributed by atoms with Crippen molar-refractivity contribution in [1.82, 2.24) is 5.32 Å². The van der Waals surface area contributed by atoms with Crippen molar-refractivity contribution in [2.24, 2.45) is 11.1 Å². The SMILES string of the molecule is CC(C)(C)C(CO)NC(=O)c1ccc(-c2ccsc2C(=O)Nc2ccc(C(=N)N)cc2)c(C(=O)O)c1. The lowest BCUT2D eigenvalue weighted by atomic mass is 9.87. The van der Waals surface area contributed by atoms with Crippen LogP contribution in [0.15, 0.2) is 53.9 Å². The number of aliphatic hydroxyl groups excluding tert-OH is 1. The molecule has 0 saturated carbocycles. The Labute approximate surface area is 212 Å². The molecule has 1 aromatic heterocycles. The fourth-order valence-electron chi connectivity index (χ4n) is 3.49. The summed E-state index contributed by atoms with van der Waals surface area (Å²) in [6.45, 7) is 5.37. The van der Waals surface area contributed by atoms with Crippen molar-refractivity contribution in [1.29, 1.82) is 5.41 Å². The van der Waals surface area contributed by atoms with Gasteiger partial charge in [-0.1, -0.05) is 26.8 Å². The van der Waals surface area contributed by atoms with Crippen molar-refractivity contribution in [2.75, 3.05) is 11.9 Å². The van der Waals surface area contributed by atoms with Crippen LogP contribution in [0.1, 0.15) is 56.7 Å². The number of aromatic carboxylic acids is 1. The van der Waals surface area contributed by atoms with Crippen LogP contribution in [-0.4, -0.2) is 46.5 Å². The first-order chi connectivity index (χ1) is 16.9. The van der Waals surface area contributed by atoms with Crippen LogP contribution < -0.4 is 16.4 Å². The Morgan fingerprint density at radius 2 is 1.64 bits per heavy atom. The van der Waals surface area contributed by atoms with Crippen molar-refractivity contribution >= 4 is 40.6 Å². The van der Waals surface area contributed by atoms with E-state index in [-0.39, 0.29) is 23.6 Å². The van der Waals surface area contributed by atoms with Gasteiger partial charge in [0.1, 0.15) is 10.7 Å². The summed E-state index contributed by atoms with van der Waals surface area (Å²) in [5.41, 5.74) is 6.80. The zero-order chi connectivity index (χ0) is 26.6. The number of nitrogens with two attached hydrogens (primary N) is 1. The molecule has 0 saturated heterocycles. The first kappa shape index (κ1) is 26.6. The Morgan fingerprint density at radius 1 is 1.00 bits per heavy atom. The number of carboxylic acid groups (broad SMARTS) is 1. The van der Waals surface area contributed by atoms with E-state index < -0.39 is 29.2 Å². The average Bonchev–Trinajstić information content (AvgIpc) is 3.31. The minimum atomic E-state index is -1.24. The molecule has 0 spiro atoms. The molecular formula is C26H28N4O5S. The second-order valence-corrected chi connectivity index (χ2v) is 10.2. The van der Waals surface area contributed by atoms with Gasteiger partial charge in [-0.2, -0.15) is 0 Å². The van der Waals surface area contributed by atoms with Crippen LogP contribution in [0.2, 0.25) is 0 Å². The van der Waals surface area contributed by atoms with Crippen molar-refractivity contribution in [3.05, 3.63) is 75.5 Å².